The predicted octanol–water partition coefficient (Wildman–Crippen LogP) is 8.72. The van der Waals surface area contributed by atoms with Crippen LogP contribution in [0.2, 0.25) is 0 Å². The normalized spacial score (nSPS) is 28.9. The molecule has 0 radical (unpaired) electrons. The minimum atomic E-state index is -1.97. The molecule has 17 atom stereocenters. The predicted molar refractivity (Wildman–Crippen MR) is 328 cm³/mol. The lowest BCUT2D eigenvalue weighted by Crippen LogP contribution is -2.66. The van der Waals surface area contributed by atoms with Crippen molar-refractivity contribution in [2.24, 2.45) is 0 Å². The maximum Gasteiger partial charge on any atom is 0.220 e. The Kier molecular flexibility index (Phi) is 45.4. The lowest BCUT2D eigenvalue weighted by Gasteiger charge is -2.48. The Morgan fingerprint density at radius 2 is 0.671 bits per heavy atom. The second-order valence-corrected chi connectivity index (χ2v) is 25.4. The number of hydrogen-bond acceptors (Lipinski definition) is 18. The molecule has 12 N–H and O–H groups in total. The second-order valence-electron chi connectivity index (χ2n) is 25.4. The topological polar surface area (TPSA) is 307 Å². The largest absolute Gasteiger partial charge is 0.394 e. The summed E-state index contributed by atoms with van der Waals surface area (Å²) in [6.45, 7) is 1.68. The number of nitrogens with one attached hydrogen (secondary N) is 1. The van der Waals surface area contributed by atoms with Crippen molar-refractivity contribution in [2.75, 3.05) is 26.4 Å². The number of aliphatic hydroxyl groups is 11. The maximum absolute atomic E-state index is 13.2. The summed E-state index contributed by atoms with van der Waals surface area (Å²) in [5.74, 6) is -0.246. The fraction of sp³-hybridized carbons (Fsp3) is 0.985. The van der Waals surface area contributed by atoms with Gasteiger partial charge in [0.2, 0.25) is 5.91 Å². The molecular formula is C66H127NO18. The Hall–Kier alpha value is -1.21. The van der Waals surface area contributed by atoms with E-state index in [0.717, 1.165) is 44.9 Å². The summed E-state index contributed by atoms with van der Waals surface area (Å²) in [7, 11) is 0. The van der Waals surface area contributed by atoms with E-state index in [1.165, 1.54) is 205 Å². The highest BCUT2D eigenvalue weighted by Crippen LogP contribution is 2.33. The van der Waals surface area contributed by atoms with Gasteiger partial charge in [0.1, 0.15) is 73.2 Å². The quantitative estimate of drug-likeness (QED) is 0.0253. The smallest absolute Gasteiger partial charge is 0.220 e. The zero-order chi connectivity index (χ0) is 61.9. The molecule has 3 aliphatic rings. The number of rotatable bonds is 54. The Balaban J connectivity index is 1.21. The van der Waals surface area contributed by atoms with Gasteiger partial charge in [-0.1, -0.05) is 264 Å². The van der Waals surface area contributed by atoms with E-state index < -0.39 is 124 Å². The molecule has 3 rings (SSSR count). The minimum absolute atomic E-state index is 0.246. The molecule has 3 aliphatic heterocycles. The van der Waals surface area contributed by atoms with Crippen LogP contribution in [0.5, 0.6) is 0 Å². The lowest BCUT2D eigenvalue weighted by molar-refractivity contribution is -0.379. The summed E-state index contributed by atoms with van der Waals surface area (Å²) in [4.78, 5) is 13.2. The Bertz CT molecular complexity index is 1550. The number of unbranched alkanes of at least 4 members (excludes halogenated alkanes) is 38. The van der Waals surface area contributed by atoms with Crippen LogP contribution in [0.3, 0.4) is 0 Å². The van der Waals surface area contributed by atoms with Gasteiger partial charge < -0.3 is 89.9 Å². The van der Waals surface area contributed by atoms with Crippen LogP contribution in [0.15, 0.2) is 0 Å². The molecule has 504 valence electrons. The first-order valence-corrected chi connectivity index (χ1v) is 34.8. The summed E-state index contributed by atoms with van der Waals surface area (Å²) in [6, 6.07) is -0.877. The van der Waals surface area contributed by atoms with Crippen molar-refractivity contribution in [3.8, 4) is 0 Å². The molecule has 19 heteroatoms. The van der Waals surface area contributed by atoms with Gasteiger partial charge in [-0.25, -0.2) is 0 Å². The molecule has 0 aromatic rings. The van der Waals surface area contributed by atoms with E-state index in [-0.39, 0.29) is 18.9 Å². The Morgan fingerprint density at radius 3 is 1.02 bits per heavy atom. The van der Waals surface area contributed by atoms with Crippen molar-refractivity contribution in [1.29, 1.82) is 0 Å². The highest BCUT2D eigenvalue weighted by Gasteiger charge is 2.53. The number of carbonyl (C=O) groups excluding carboxylic acids is 1. The van der Waals surface area contributed by atoms with Crippen LogP contribution in [0.1, 0.15) is 284 Å². The number of ether oxygens (including phenoxy) is 6. The Labute approximate surface area is 513 Å². The maximum atomic E-state index is 13.2. The Morgan fingerprint density at radius 1 is 0.376 bits per heavy atom. The SMILES string of the molecule is CCCCCCCCCCCCCCCCCCCCCCCCCCCCCCCCCCCCCCC(=O)NC(COC1OC(CO)C(OC2OC(CO)C(OC3OC(CO)C(O)C(O)C3O)C(O)C2O)C(O)C1O)C(O)CCCCCC. The first-order valence-electron chi connectivity index (χ1n) is 34.8. The molecule has 1 amide bonds. The van der Waals surface area contributed by atoms with Crippen molar-refractivity contribution in [3.05, 3.63) is 0 Å². The molecule has 0 bridgehead atoms. The second kappa shape index (κ2) is 49.5. The van der Waals surface area contributed by atoms with Gasteiger partial charge in [0.05, 0.1) is 38.6 Å². The van der Waals surface area contributed by atoms with Crippen LogP contribution in [-0.4, -0.2) is 193 Å². The van der Waals surface area contributed by atoms with Crippen LogP contribution in [0.4, 0.5) is 0 Å². The van der Waals surface area contributed by atoms with Gasteiger partial charge in [0.25, 0.3) is 0 Å². The van der Waals surface area contributed by atoms with Crippen LogP contribution in [0, 0.1) is 0 Å². The third kappa shape index (κ3) is 32.1. The first kappa shape index (κ1) is 78.0. The molecule has 17 unspecified atom stereocenters. The molecule has 0 aromatic carbocycles. The molecule has 0 spiro atoms. The molecule has 85 heavy (non-hydrogen) atoms. The van der Waals surface area contributed by atoms with E-state index in [1.54, 1.807) is 0 Å². The van der Waals surface area contributed by atoms with E-state index in [0.29, 0.717) is 12.8 Å². The fourth-order valence-corrected chi connectivity index (χ4v) is 12.3. The summed E-state index contributed by atoms with van der Waals surface area (Å²) >= 11 is 0. The van der Waals surface area contributed by atoms with Gasteiger partial charge in [-0.3, -0.25) is 4.79 Å². The van der Waals surface area contributed by atoms with Gasteiger partial charge in [0, 0.05) is 6.42 Å². The van der Waals surface area contributed by atoms with E-state index in [9.17, 15) is 61.0 Å². The number of hydrogen-bond donors (Lipinski definition) is 12. The monoisotopic (exact) mass is 1220 g/mol. The van der Waals surface area contributed by atoms with Crippen LogP contribution < -0.4 is 5.32 Å². The lowest BCUT2D eigenvalue weighted by atomic mass is 9.96. The molecule has 3 fully saturated rings. The van der Waals surface area contributed by atoms with Gasteiger partial charge in [-0.05, 0) is 12.8 Å². The van der Waals surface area contributed by atoms with Gasteiger partial charge in [0.15, 0.2) is 18.9 Å². The van der Waals surface area contributed by atoms with E-state index in [1.807, 2.05) is 0 Å². The van der Waals surface area contributed by atoms with Crippen molar-refractivity contribution in [3.63, 3.8) is 0 Å². The van der Waals surface area contributed by atoms with E-state index >= 15 is 0 Å². The summed E-state index contributed by atoms with van der Waals surface area (Å²) in [5.41, 5.74) is 0. The highest BCUT2D eigenvalue weighted by molar-refractivity contribution is 5.76. The van der Waals surface area contributed by atoms with Crippen molar-refractivity contribution >= 4 is 5.91 Å². The van der Waals surface area contributed by atoms with Gasteiger partial charge in [-0.15, -0.1) is 0 Å². The van der Waals surface area contributed by atoms with Crippen molar-refractivity contribution in [1.82, 2.24) is 5.32 Å². The van der Waals surface area contributed by atoms with Crippen LogP contribution in [-0.2, 0) is 33.2 Å². The van der Waals surface area contributed by atoms with E-state index in [2.05, 4.69) is 19.2 Å². The third-order valence-corrected chi connectivity index (χ3v) is 17.9. The van der Waals surface area contributed by atoms with Crippen LogP contribution >= 0.6 is 0 Å². The summed E-state index contributed by atoms with van der Waals surface area (Å²) < 4.78 is 34.1. The molecule has 0 aromatic heterocycles. The standard InChI is InChI=1S/C66H127NO18/c1-3-5-7-9-10-11-12-13-14-15-16-17-18-19-20-21-22-23-24-25-26-27-28-29-30-31-32-33-34-35-36-37-38-39-40-42-44-54(72)67-49(50(71)43-41-8-6-4-2)48-80-64-60(78)57(75)62(52(46-69)82-64)85-66-61(79)58(76)63(53(47-70)83-66)84-65-59(77)56(74)55(73)51(45-68)81-65/h49-53,55-66,68-71,73-79H,3-48H2,1-2H3,(H,67,72). The number of aliphatic hydroxyl groups excluding tert-OH is 11. The van der Waals surface area contributed by atoms with E-state index in [4.69, 9.17) is 28.4 Å². The molecule has 0 aliphatic carbocycles. The molecule has 3 saturated heterocycles. The van der Waals surface area contributed by atoms with Crippen molar-refractivity contribution < 1.29 is 89.4 Å². The fourth-order valence-electron chi connectivity index (χ4n) is 12.3. The summed E-state index contributed by atoms with van der Waals surface area (Å²) in [5, 5.41) is 120. The van der Waals surface area contributed by atoms with Gasteiger partial charge >= 0.3 is 0 Å². The third-order valence-electron chi connectivity index (χ3n) is 17.9. The zero-order valence-corrected chi connectivity index (χ0v) is 53.1. The molecule has 19 nitrogen and oxygen atoms in total. The van der Waals surface area contributed by atoms with Crippen LogP contribution in [0.25, 0.3) is 0 Å². The minimum Gasteiger partial charge on any atom is -0.394 e. The van der Waals surface area contributed by atoms with Crippen molar-refractivity contribution in [2.45, 2.75) is 388 Å². The number of amides is 1. The molecule has 3 heterocycles. The average molecular weight is 1220 g/mol. The highest BCUT2D eigenvalue weighted by atomic mass is 16.8. The summed E-state index contributed by atoms with van der Waals surface area (Å²) in [6.07, 6.45) is 26.3. The molecular weight excluding hydrogens is 1090 g/mol. The average Bonchev–Trinajstić information content (AvgIpc) is 1.87. The first-order chi connectivity index (χ1) is 41.3. The zero-order valence-electron chi connectivity index (χ0n) is 53.1. The number of carbonyl (C=O) groups is 1. The van der Waals surface area contributed by atoms with Gasteiger partial charge in [-0.2, -0.15) is 0 Å². The molecule has 0 saturated carbocycles.